The number of urea groups is 1. The molecule has 1 aliphatic rings. The lowest BCUT2D eigenvalue weighted by atomic mass is 9.96. The molecule has 1 aliphatic heterocycles. The summed E-state index contributed by atoms with van der Waals surface area (Å²) in [5, 5.41) is 3.55. The number of para-hydroxylation sites is 1. The van der Waals surface area contributed by atoms with Crippen LogP contribution in [0.2, 0.25) is 5.02 Å². The molecule has 1 saturated heterocycles. The smallest absolute Gasteiger partial charge is 0.339 e. The van der Waals surface area contributed by atoms with Crippen molar-refractivity contribution in [3.63, 3.8) is 0 Å². The normalized spacial score (nSPS) is 13.9. The predicted molar refractivity (Wildman–Crippen MR) is 128 cm³/mol. The number of nitrogens with one attached hydrogen (secondary N) is 1. The molecule has 2 heterocycles. The summed E-state index contributed by atoms with van der Waals surface area (Å²) in [6.45, 7) is 10.7. The molecule has 7 nitrogen and oxygen atoms in total. The van der Waals surface area contributed by atoms with Gasteiger partial charge in [-0.1, -0.05) is 50.6 Å². The molecule has 32 heavy (non-hydrogen) atoms. The van der Waals surface area contributed by atoms with E-state index in [1.165, 1.54) is 6.20 Å². The Morgan fingerprint density at radius 1 is 1.19 bits per heavy atom. The minimum absolute atomic E-state index is 0.0934. The Kier molecular flexibility index (Phi) is 7.96. The molecule has 1 aromatic heterocycles. The van der Waals surface area contributed by atoms with Crippen LogP contribution in [-0.2, 0) is 11.2 Å². The number of pyridine rings is 1. The maximum Gasteiger partial charge on any atom is 0.339 e. The minimum atomic E-state index is -0.442. The fourth-order valence-electron chi connectivity index (χ4n) is 3.84. The second-order valence-electron chi connectivity index (χ2n) is 8.04. The van der Waals surface area contributed by atoms with E-state index in [0.29, 0.717) is 55.1 Å². The molecule has 2 amide bonds. The maximum atomic E-state index is 13.0. The van der Waals surface area contributed by atoms with Gasteiger partial charge in [0.1, 0.15) is 5.82 Å². The molecule has 0 bridgehead atoms. The lowest BCUT2D eigenvalue weighted by Crippen LogP contribution is -2.50. The number of hydrogen-bond donors (Lipinski definition) is 1. The average Bonchev–Trinajstić information content (AvgIpc) is 2.79. The van der Waals surface area contributed by atoms with Gasteiger partial charge in [0, 0.05) is 38.1 Å². The van der Waals surface area contributed by atoms with Crippen molar-refractivity contribution in [2.24, 2.45) is 0 Å². The van der Waals surface area contributed by atoms with E-state index in [9.17, 15) is 9.59 Å². The van der Waals surface area contributed by atoms with Crippen LogP contribution in [-0.4, -0.2) is 54.7 Å². The molecule has 0 aliphatic carbocycles. The number of amides is 2. The van der Waals surface area contributed by atoms with Gasteiger partial charge >= 0.3 is 12.0 Å². The first kappa shape index (κ1) is 23.9. The highest BCUT2D eigenvalue weighted by molar-refractivity contribution is 6.33. The fourth-order valence-corrected chi connectivity index (χ4v) is 4.13. The summed E-state index contributed by atoms with van der Waals surface area (Å²) in [7, 11) is 0. The molecule has 172 valence electrons. The molecular formula is C24H31ClN4O3. The van der Waals surface area contributed by atoms with Crippen LogP contribution in [0.4, 0.5) is 16.3 Å². The van der Waals surface area contributed by atoms with Crippen molar-refractivity contribution in [3.05, 3.63) is 52.2 Å². The van der Waals surface area contributed by atoms with Gasteiger partial charge in [-0.2, -0.15) is 0 Å². The zero-order valence-corrected chi connectivity index (χ0v) is 19.9. The van der Waals surface area contributed by atoms with Gasteiger partial charge in [0.25, 0.3) is 0 Å². The van der Waals surface area contributed by atoms with E-state index >= 15 is 0 Å². The molecule has 0 spiro atoms. The SMILES string of the molecule is CCOC(=O)c1cnc(N2CCN(C(=O)Nc3c(CC)cccc3C(C)C)CC2)c(Cl)c1. The molecule has 2 aromatic rings. The van der Waals surface area contributed by atoms with E-state index in [-0.39, 0.29) is 6.03 Å². The van der Waals surface area contributed by atoms with E-state index in [1.807, 2.05) is 15.9 Å². The maximum absolute atomic E-state index is 13.0. The van der Waals surface area contributed by atoms with Crippen molar-refractivity contribution >= 4 is 35.1 Å². The Hall–Kier alpha value is -2.80. The van der Waals surface area contributed by atoms with Crippen LogP contribution >= 0.6 is 11.6 Å². The van der Waals surface area contributed by atoms with E-state index in [2.05, 4.69) is 43.2 Å². The van der Waals surface area contributed by atoms with E-state index in [1.54, 1.807) is 13.0 Å². The highest BCUT2D eigenvalue weighted by Gasteiger charge is 2.25. The Balaban J connectivity index is 1.65. The fraction of sp³-hybridized carbons (Fsp3) is 0.458. The number of hydrogen-bond acceptors (Lipinski definition) is 5. The number of rotatable bonds is 6. The number of ether oxygens (including phenoxy) is 1. The summed E-state index contributed by atoms with van der Waals surface area (Å²) >= 11 is 6.39. The van der Waals surface area contributed by atoms with Gasteiger partial charge in [-0.05, 0) is 36.5 Å². The summed E-state index contributed by atoms with van der Waals surface area (Å²) in [4.78, 5) is 33.1. The number of carbonyl (C=O) groups excluding carboxylic acids is 2. The Bertz CT molecular complexity index is 972. The van der Waals surface area contributed by atoms with Crippen molar-refractivity contribution < 1.29 is 14.3 Å². The first-order chi connectivity index (χ1) is 15.3. The van der Waals surface area contributed by atoms with Crippen molar-refractivity contribution in [2.75, 3.05) is 43.0 Å². The minimum Gasteiger partial charge on any atom is -0.462 e. The first-order valence-corrected chi connectivity index (χ1v) is 11.5. The largest absolute Gasteiger partial charge is 0.462 e. The molecule has 0 radical (unpaired) electrons. The standard InChI is InChI=1S/C24H31ClN4O3/c1-5-17-8-7-9-19(16(3)4)21(17)27-24(31)29-12-10-28(11-13-29)22-20(25)14-18(15-26-22)23(30)32-6-2/h7-9,14-16H,5-6,10-13H2,1-4H3,(H,27,31). The zero-order valence-electron chi connectivity index (χ0n) is 19.2. The number of aromatic nitrogens is 1. The van der Waals surface area contributed by atoms with Crippen LogP contribution in [0.3, 0.4) is 0 Å². The van der Waals surface area contributed by atoms with Crippen LogP contribution in [0.25, 0.3) is 0 Å². The van der Waals surface area contributed by atoms with E-state index in [4.69, 9.17) is 16.3 Å². The van der Waals surface area contributed by atoms with Gasteiger partial charge in [-0.25, -0.2) is 14.6 Å². The number of halogens is 1. The summed E-state index contributed by atoms with van der Waals surface area (Å²) in [6, 6.07) is 7.67. The van der Waals surface area contributed by atoms with Gasteiger partial charge in [0.05, 0.1) is 17.2 Å². The second-order valence-corrected chi connectivity index (χ2v) is 8.45. The molecule has 0 unspecified atom stereocenters. The monoisotopic (exact) mass is 458 g/mol. The summed E-state index contributed by atoms with van der Waals surface area (Å²) < 4.78 is 4.99. The van der Waals surface area contributed by atoms with Crippen LogP contribution in [0.5, 0.6) is 0 Å². The molecule has 0 saturated carbocycles. The Labute approximate surface area is 194 Å². The zero-order chi connectivity index (χ0) is 23.3. The lowest BCUT2D eigenvalue weighted by molar-refractivity contribution is 0.0526. The highest BCUT2D eigenvalue weighted by atomic mass is 35.5. The molecule has 1 aromatic carbocycles. The second kappa shape index (κ2) is 10.7. The number of anilines is 2. The molecule has 0 atom stereocenters. The molecule has 3 rings (SSSR count). The van der Waals surface area contributed by atoms with Crippen LogP contribution < -0.4 is 10.2 Å². The third kappa shape index (κ3) is 5.33. The molecule has 1 fully saturated rings. The number of carbonyl (C=O) groups is 2. The Morgan fingerprint density at radius 3 is 2.50 bits per heavy atom. The van der Waals surface area contributed by atoms with Crippen molar-refractivity contribution in [2.45, 2.75) is 40.0 Å². The van der Waals surface area contributed by atoms with Gasteiger partial charge in [-0.3, -0.25) is 0 Å². The number of benzene rings is 1. The van der Waals surface area contributed by atoms with Gasteiger partial charge in [-0.15, -0.1) is 0 Å². The molecular weight excluding hydrogens is 428 g/mol. The van der Waals surface area contributed by atoms with Crippen LogP contribution in [0.15, 0.2) is 30.5 Å². The summed E-state index contributed by atoms with van der Waals surface area (Å²) in [6.07, 6.45) is 2.34. The predicted octanol–water partition coefficient (Wildman–Crippen LogP) is 4.95. The van der Waals surface area contributed by atoms with Crippen molar-refractivity contribution in [1.82, 2.24) is 9.88 Å². The quantitative estimate of drug-likeness (QED) is 0.620. The van der Waals surface area contributed by atoms with Crippen LogP contribution in [0.1, 0.15) is 55.1 Å². The highest BCUT2D eigenvalue weighted by Crippen LogP contribution is 2.29. The van der Waals surface area contributed by atoms with Gasteiger partial charge < -0.3 is 19.9 Å². The first-order valence-electron chi connectivity index (χ1n) is 11.1. The van der Waals surface area contributed by atoms with Gasteiger partial charge in [0.2, 0.25) is 0 Å². The van der Waals surface area contributed by atoms with E-state index < -0.39 is 5.97 Å². The lowest BCUT2D eigenvalue weighted by Gasteiger charge is -2.36. The molecule has 1 N–H and O–H groups in total. The third-order valence-corrected chi connectivity index (χ3v) is 5.90. The van der Waals surface area contributed by atoms with Crippen LogP contribution in [0, 0.1) is 0 Å². The van der Waals surface area contributed by atoms with E-state index in [0.717, 1.165) is 23.2 Å². The van der Waals surface area contributed by atoms with Crippen molar-refractivity contribution in [1.29, 1.82) is 0 Å². The summed E-state index contributed by atoms with van der Waals surface area (Å²) in [5.74, 6) is 0.487. The topological polar surface area (TPSA) is 74.8 Å². The number of piperazine rings is 1. The Morgan fingerprint density at radius 2 is 1.91 bits per heavy atom. The van der Waals surface area contributed by atoms with Gasteiger partial charge in [0.15, 0.2) is 0 Å². The third-order valence-electron chi connectivity index (χ3n) is 5.62. The molecule has 8 heteroatoms. The number of aryl methyl sites for hydroxylation is 1. The number of esters is 1. The van der Waals surface area contributed by atoms with Crippen molar-refractivity contribution in [3.8, 4) is 0 Å². The average molecular weight is 459 g/mol. The number of nitrogens with zero attached hydrogens (tertiary/aromatic N) is 3. The summed E-state index contributed by atoms with van der Waals surface area (Å²) in [5.41, 5.74) is 3.54.